The Morgan fingerprint density at radius 2 is 1.80 bits per heavy atom. The van der Waals surface area contributed by atoms with E-state index in [1.807, 2.05) is 0 Å². The summed E-state index contributed by atoms with van der Waals surface area (Å²) in [6.07, 6.45) is -4.83. The lowest BCUT2D eigenvalue weighted by Gasteiger charge is -2.13. The summed E-state index contributed by atoms with van der Waals surface area (Å²) in [7, 11) is 0. The van der Waals surface area contributed by atoms with Gasteiger partial charge in [-0.3, -0.25) is 4.79 Å². The second kappa shape index (κ2) is 6.12. The quantitative estimate of drug-likeness (QED) is 0.548. The third-order valence-corrected chi connectivity index (χ3v) is 3.46. The van der Waals surface area contributed by atoms with Gasteiger partial charge in [0, 0.05) is 16.6 Å². The Balaban J connectivity index is 2.16. The van der Waals surface area contributed by atoms with E-state index in [1.165, 1.54) is 25.1 Å². The number of aromatic nitrogens is 2. The third kappa shape index (κ3) is 3.42. The number of hydrogen-bond donors (Lipinski definition) is 1. The number of benzene rings is 2. The van der Waals surface area contributed by atoms with Crippen molar-refractivity contribution in [1.82, 2.24) is 9.97 Å². The second-order valence-corrected chi connectivity index (χ2v) is 5.29. The highest BCUT2D eigenvalue weighted by molar-refractivity contribution is 5.96. The van der Waals surface area contributed by atoms with Crippen LogP contribution in [0.25, 0.3) is 10.9 Å². The van der Waals surface area contributed by atoms with Crippen LogP contribution in [0.1, 0.15) is 23.1 Å². The summed E-state index contributed by atoms with van der Waals surface area (Å²) < 4.78 is 53.0. The highest BCUT2D eigenvalue weighted by Crippen LogP contribution is 2.32. The van der Waals surface area contributed by atoms with Crippen molar-refractivity contribution in [3.05, 3.63) is 59.7 Å². The standard InChI is InChI=1S/C17H11F4N3O/c1-9(25)10-4-2-5-11(8-10)22-15-12-6-3-7-13(18)14(12)23-16(24-15)17(19,20)21/h2-8H,1H3,(H,22,23,24). The number of anilines is 2. The molecule has 0 aliphatic carbocycles. The number of halogens is 4. The first kappa shape index (κ1) is 16.8. The number of alkyl halides is 3. The first-order valence-electron chi connectivity index (χ1n) is 7.17. The van der Waals surface area contributed by atoms with Crippen LogP contribution in [0, 0.1) is 5.82 Å². The van der Waals surface area contributed by atoms with Crippen LogP contribution in [0.3, 0.4) is 0 Å². The van der Waals surface area contributed by atoms with E-state index in [0.29, 0.717) is 11.3 Å². The molecule has 128 valence electrons. The van der Waals surface area contributed by atoms with Gasteiger partial charge >= 0.3 is 6.18 Å². The summed E-state index contributed by atoms with van der Waals surface area (Å²) in [5.41, 5.74) is 0.297. The largest absolute Gasteiger partial charge is 0.451 e. The Morgan fingerprint density at radius 3 is 2.48 bits per heavy atom. The zero-order valence-electron chi connectivity index (χ0n) is 12.9. The molecular formula is C17H11F4N3O. The van der Waals surface area contributed by atoms with E-state index in [1.54, 1.807) is 18.2 Å². The van der Waals surface area contributed by atoms with Gasteiger partial charge in [-0.05, 0) is 31.2 Å². The maximum absolute atomic E-state index is 13.9. The molecule has 0 amide bonds. The van der Waals surface area contributed by atoms with Crippen molar-refractivity contribution in [2.24, 2.45) is 0 Å². The Hall–Kier alpha value is -3.03. The van der Waals surface area contributed by atoms with E-state index in [2.05, 4.69) is 15.3 Å². The van der Waals surface area contributed by atoms with Crippen LogP contribution in [-0.4, -0.2) is 15.8 Å². The zero-order chi connectivity index (χ0) is 18.2. The Labute approximate surface area is 139 Å². The van der Waals surface area contributed by atoms with Gasteiger partial charge in [-0.2, -0.15) is 13.2 Å². The molecule has 0 atom stereocenters. The van der Waals surface area contributed by atoms with E-state index >= 15 is 0 Å². The van der Waals surface area contributed by atoms with E-state index in [9.17, 15) is 22.4 Å². The molecule has 0 fully saturated rings. The molecule has 1 heterocycles. The van der Waals surface area contributed by atoms with Crippen LogP contribution >= 0.6 is 0 Å². The number of Topliss-reactive ketones (excluding diaryl/α,β-unsaturated/α-hetero) is 1. The molecule has 8 heteroatoms. The molecule has 0 aliphatic rings. The molecule has 0 saturated carbocycles. The van der Waals surface area contributed by atoms with Crippen molar-refractivity contribution in [3.8, 4) is 0 Å². The van der Waals surface area contributed by atoms with Crippen molar-refractivity contribution in [2.75, 3.05) is 5.32 Å². The first-order valence-corrected chi connectivity index (χ1v) is 7.17. The molecule has 1 aromatic heterocycles. The molecule has 1 N–H and O–H groups in total. The Morgan fingerprint density at radius 1 is 1.08 bits per heavy atom. The van der Waals surface area contributed by atoms with Crippen LogP contribution in [0.5, 0.6) is 0 Å². The molecule has 4 nitrogen and oxygen atoms in total. The first-order chi connectivity index (χ1) is 11.8. The predicted molar refractivity (Wildman–Crippen MR) is 84.2 cm³/mol. The minimum absolute atomic E-state index is 0.0984. The van der Waals surface area contributed by atoms with Gasteiger partial charge in [-0.1, -0.05) is 18.2 Å². The van der Waals surface area contributed by atoms with Crippen LogP contribution < -0.4 is 5.32 Å². The van der Waals surface area contributed by atoms with Crippen molar-refractivity contribution < 1.29 is 22.4 Å². The number of hydrogen-bond acceptors (Lipinski definition) is 4. The molecule has 25 heavy (non-hydrogen) atoms. The molecular weight excluding hydrogens is 338 g/mol. The molecule has 2 aromatic carbocycles. The van der Waals surface area contributed by atoms with Crippen LogP contribution in [-0.2, 0) is 6.18 Å². The van der Waals surface area contributed by atoms with E-state index in [-0.39, 0.29) is 17.0 Å². The van der Waals surface area contributed by atoms with Crippen molar-refractivity contribution in [1.29, 1.82) is 0 Å². The maximum atomic E-state index is 13.9. The predicted octanol–water partition coefficient (Wildman–Crippen LogP) is 4.73. The van der Waals surface area contributed by atoms with Gasteiger partial charge in [-0.15, -0.1) is 0 Å². The number of nitrogens with zero attached hydrogens (tertiary/aromatic N) is 2. The summed E-state index contributed by atoms with van der Waals surface area (Å²) in [5, 5.41) is 2.81. The van der Waals surface area contributed by atoms with Gasteiger partial charge < -0.3 is 5.32 Å². The lowest BCUT2D eigenvalue weighted by Crippen LogP contribution is -2.13. The highest BCUT2D eigenvalue weighted by atomic mass is 19.4. The topological polar surface area (TPSA) is 54.9 Å². The van der Waals surface area contributed by atoms with Crippen molar-refractivity contribution in [2.45, 2.75) is 13.1 Å². The molecule has 0 radical (unpaired) electrons. The lowest BCUT2D eigenvalue weighted by molar-refractivity contribution is -0.144. The second-order valence-electron chi connectivity index (χ2n) is 5.29. The molecule has 0 unspecified atom stereocenters. The Bertz CT molecular complexity index is 970. The summed E-state index contributed by atoms with van der Waals surface area (Å²) in [4.78, 5) is 18.2. The van der Waals surface area contributed by atoms with Gasteiger partial charge in [0.05, 0.1) is 0 Å². The monoisotopic (exact) mass is 349 g/mol. The fraction of sp³-hybridized carbons (Fsp3) is 0.118. The number of ketones is 1. The van der Waals surface area contributed by atoms with E-state index in [0.717, 1.165) is 6.07 Å². The van der Waals surface area contributed by atoms with Gasteiger partial charge in [0.15, 0.2) is 5.78 Å². The summed E-state index contributed by atoms with van der Waals surface area (Å²) in [6.45, 7) is 1.37. The number of fused-ring (bicyclic) bond motifs is 1. The lowest BCUT2D eigenvalue weighted by atomic mass is 10.1. The van der Waals surface area contributed by atoms with Crippen molar-refractivity contribution in [3.63, 3.8) is 0 Å². The molecule has 3 rings (SSSR count). The van der Waals surface area contributed by atoms with E-state index in [4.69, 9.17) is 0 Å². The molecule has 0 saturated heterocycles. The number of carbonyl (C=O) groups excluding carboxylic acids is 1. The molecule has 3 aromatic rings. The fourth-order valence-corrected chi connectivity index (χ4v) is 2.29. The van der Waals surface area contributed by atoms with Gasteiger partial charge in [0.1, 0.15) is 17.2 Å². The fourth-order valence-electron chi connectivity index (χ4n) is 2.29. The number of para-hydroxylation sites is 1. The zero-order valence-corrected chi connectivity index (χ0v) is 12.9. The number of carbonyl (C=O) groups is 1. The molecule has 0 aliphatic heterocycles. The van der Waals surface area contributed by atoms with Gasteiger partial charge in [0.2, 0.25) is 5.82 Å². The normalized spacial score (nSPS) is 11.6. The Kier molecular flexibility index (Phi) is 4.12. The average Bonchev–Trinajstić information content (AvgIpc) is 2.55. The van der Waals surface area contributed by atoms with Crippen LogP contribution in [0.15, 0.2) is 42.5 Å². The van der Waals surface area contributed by atoms with Gasteiger partial charge in [-0.25, -0.2) is 14.4 Å². The minimum Gasteiger partial charge on any atom is -0.340 e. The average molecular weight is 349 g/mol. The maximum Gasteiger partial charge on any atom is 0.451 e. The van der Waals surface area contributed by atoms with Crippen LogP contribution in [0.2, 0.25) is 0 Å². The van der Waals surface area contributed by atoms with Crippen molar-refractivity contribution >= 4 is 28.2 Å². The summed E-state index contributed by atoms with van der Waals surface area (Å²) in [6, 6.07) is 9.98. The summed E-state index contributed by atoms with van der Waals surface area (Å²) in [5.74, 6) is -2.72. The van der Waals surface area contributed by atoms with Gasteiger partial charge in [0.25, 0.3) is 0 Å². The smallest absolute Gasteiger partial charge is 0.340 e. The number of rotatable bonds is 3. The minimum atomic E-state index is -4.83. The molecule has 0 bridgehead atoms. The summed E-state index contributed by atoms with van der Waals surface area (Å²) >= 11 is 0. The SMILES string of the molecule is CC(=O)c1cccc(Nc2nc(C(F)(F)F)nc3c(F)cccc23)c1. The molecule has 0 spiro atoms. The third-order valence-electron chi connectivity index (χ3n) is 3.46. The van der Waals surface area contributed by atoms with E-state index < -0.39 is 23.3 Å². The van der Waals surface area contributed by atoms with Crippen LogP contribution in [0.4, 0.5) is 29.1 Å². The highest BCUT2D eigenvalue weighted by Gasteiger charge is 2.36. The number of nitrogens with one attached hydrogen (secondary N) is 1.